The lowest BCUT2D eigenvalue weighted by Gasteiger charge is -2.03. The summed E-state index contributed by atoms with van der Waals surface area (Å²) in [6.45, 7) is 0. The van der Waals surface area contributed by atoms with Crippen molar-refractivity contribution in [3.63, 3.8) is 0 Å². The minimum absolute atomic E-state index is 0.148. The van der Waals surface area contributed by atoms with Gasteiger partial charge in [0.15, 0.2) is 0 Å². The Labute approximate surface area is 105 Å². The zero-order valence-electron chi connectivity index (χ0n) is 8.91. The van der Waals surface area contributed by atoms with Gasteiger partial charge in [-0.15, -0.1) is 11.8 Å². The minimum atomic E-state index is 0.148. The molecule has 0 atom stereocenters. The van der Waals surface area contributed by atoms with Gasteiger partial charge in [0, 0.05) is 16.8 Å². The topological polar surface area (TPSA) is 29.1 Å². The number of rotatable bonds is 5. The van der Waals surface area contributed by atoms with Gasteiger partial charge in [0.25, 0.3) is 0 Å². The van der Waals surface area contributed by atoms with Gasteiger partial charge in [-0.05, 0) is 30.5 Å². The van der Waals surface area contributed by atoms with Crippen molar-refractivity contribution in [3.8, 4) is 0 Å². The van der Waals surface area contributed by atoms with Crippen molar-refractivity contribution in [3.05, 3.63) is 34.9 Å². The maximum atomic E-state index is 11.4. The molecule has 1 amide bonds. The molecule has 0 aromatic heterocycles. The van der Waals surface area contributed by atoms with E-state index in [0.717, 1.165) is 29.2 Å². The Morgan fingerprint density at radius 3 is 3.00 bits per heavy atom. The highest BCUT2D eigenvalue weighted by atomic mass is 35.5. The molecule has 1 fully saturated rings. The summed E-state index contributed by atoms with van der Waals surface area (Å²) in [4.78, 5) is 11.4. The molecule has 1 N–H and O–H groups in total. The predicted molar refractivity (Wildman–Crippen MR) is 68.8 cm³/mol. The molecule has 0 heterocycles. The van der Waals surface area contributed by atoms with Crippen LogP contribution >= 0.6 is 23.4 Å². The van der Waals surface area contributed by atoms with Crippen LogP contribution in [-0.2, 0) is 10.5 Å². The molecule has 1 aromatic carbocycles. The lowest BCUT2D eigenvalue weighted by atomic mass is 10.2. The summed E-state index contributed by atoms with van der Waals surface area (Å²) in [5.41, 5.74) is 1.16. The number of carbonyl (C=O) groups is 1. The molecule has 1 aliphatic carbocycles. The Morgan fingerprint density at radius 1 is 1.50 bits per heavy atom. The molecule has 1 aliphatic rings. The molecule has 0 unspecified atom stereocenters. The number of carbonyl (C=O) groups excluding carboxylic acids is 1. The summed E-state index contributed by atoms with van der Waals surface area (Å²) >= 11 is 7.50. The number of halogens is 1. The highest BCUT2D eigenvalue weighted by molar-refractivity contribution is 7.99. The largest absolute Gasteiger partial charge is 0.353 e. The molecular weight excluding hydrogens is 242 g/mol. The van der Waals surface area contributed by atoms with Crippen molar-refractivity contribution < 1.29 is 4.79 Å². The Morgan fingerprint density at radius 2 is 2.31 bits per heavy atom. The standard InChI is InChI=1S/C12H14ClNOS/c13-10-3-1-2-9(6-10)7-16-8-12(15)14-11-4-5-11/h1-3,6,11H,4-5,7-8H2,(H,14,15). The van der Waals surface area contributed by atoms with E-state index in [4.69, 9.17) is 11.6 Å². The minimum Gasteiger partial charge on any atom is -0.353 e. The average Bonchev–Trinajstić information content (AvgIpc) is 3.02. The molecule has 0 bridgehead atoms. The van der Waals surface area contributed by atoms with Crippen LogP contribution in [0.1, 0.15) is 18.4 Å². The first-order valence-electron chi connectivity index (χ1n) is 5.35. The Balaban J connectivity index is 1.68. The highest BCUT2D eigenvalue weighted by Crippen LogP contribution is 2.20. The molecular formula is C12H14ClNOS. The fraction of sp³-hybridized carbons (Fsp3) is 0.417. The van der Waals surface area contributed by atoms with E-state index in [1.165, 1.54) is 0 Å². The zero-order chi connectivity index (χ0) is 11.4. The van der Waals surface area contributed by atoms with Gasteiger partial charge in [-0.2, -0.15) is 0 Å². The molecule has 1 saturated carbocycles. The first-order chi connectivity index (χ1) is 7.74. The Bertz CT molecular complexity index is 379. The second-order valence-corrected chi connectivity index (χ2v) is 5.39. The van der Waals surface area contributed by atoms with Gasteiger partial charge < -0.3 is 5.32 Å². The van der Waals surface area contributed by atoms with Crippen LogP contribution in [-0.4, -0.2) is 17.7 Å². The number of hydrogen-bond donors (Lipinski definition) is 1. The maximum absolute atomic E-state index is 11.4. The first-order valence-corrected chi connectivity index (χ1v) is 6.89. The van der Waals surface area contributed by atoms with Gasteiger partial charge in [0.05, 0.1) is 5.75 Å². The molecule has 0 radical (unpaired) electrons. The van der Waals surface area contributed by atoms with Gasteiger partial charge in [-0.25, -0.2) is 0 Å². The van der Waals surface area contributed by atoms with E-state index in [2.05, 4.69) is 5.32 Å². The molecule has 0 spiro atoms. The molecule has 0 saturated heterocycles. The van der Waals surface area contributed by atoms with Crippen molar-refractivity contribution in [1.82, 2.24) is 5.32 Å². The molecule has 0 aliphatic heterocycles. The van der Waals surface area contributed by atoms with Crippen molar-refractivity contribution in [1.29, 1.82) is 0 Å². The molecule has 2 nitrogen and oxygen atoms in total. The van der Waals surface area contributed by atoms with Crippen LogP contribution in [0.15, 0.2) is 24.3 Å². The highest BCUT2D eigenvalue weighted by Gasteiger charge is 2.22. The van der Waals surface area contributed by atoms with Crippen LogP contribution in [0.2, 0.25) is 5.02 Å². The smallest absolute Gasteiger partial charge is 0.230 e. The molecule has 2 rings (SSSR count). The molecule has 1 aromatic rings. The van der Waals surface area contributed by atoms with E-state index in [-0.39, 0.29) is 5.91 Å². The van der Waals surface area contributed by atoms with Crippen molar-refractivity contribution in [2.45, 2.75) is 24.6 Å². The summed E-state index contributed by atoms with van der Waals surface area (Å²) in [6, 6.07) is 8.21. The predicted octanol–water partition coefficient (Wildman–Crippen LogP) is 2.85. The lowest BCUT2D eigenvalue weighted by Crippen LogP contribution is -2.27. The van der Waals surface area contributed by atoms with Crippen LogP contribution in [0.5, 0.6) is 0 Å². The van der Waals surface area contributed by atoms with Crippen LogP contribution in [0.4, 0.5) is 0 Å². The normalized spacial score (nSPS) is 14.8. The Hall–Kier alpha value is -0.670. The lowest BCUT2D eigenvalue weighted by molar-refractivity contribution is -0.118. The number of amides is 1. The molecule has 4 heteroatoms. The first kappa shape index (κ1) is 11.8. The number of nitrogens with one attached hydrogen (secondary N) is 1. The van der Waals surface area contributed by atoms with Crippen LogP contribution in [0.3, 0.4) is 0 Å². The van der Waals surface area contributed by atoms with Crippen molar-refractivity contribution >= 4 is 29.3 Å². The van der Waals surface area contributed by atoms with E-state index in [1.807, 2.05) is 24.3 Å². The fourth-order valence-corrected chi connectivity index (χ4v) is 2.38. The van der Waals surface area contributed by atoms with E-state index >= 15 is 0 Å². The zero-order valence-corrected chi connectivity index (χ0v) is 10.5. The summed E-state index contributed by atoms with van der Waals surface area (Å²) in [5.74, 6) is 1.51. The van der Waals surface area contributed by atoms with Gasteiger partial charge in [-0.1, -0.05) is 23.7 Å². The van der Waals surface area contributed by atoms with E-state index in [9.17, 15) is 4.79 Å². The summed E-state index contributed by atoms with van der Waals surface area (Å²) in [7, 11) is 0. The van der Waals surface area contributed by atoms with E-state index in [1.54, 1.807) is 11.8 Å². The van der Waals surface area contributed by atoms with Gasteiger partial charge in [0.2, 0.25) is 5.91 Å². The van der Waals surface area contributed by atoms with Crippen molar-refractivity contribution in [2.24, 2.45) is 0 Å². The Kier molecular flexibility index (Phi) is 4.13. The van der Waals surface area contributed by atoms with Gasteiger partial charge >= 0.3 is 0 Å². The van der Waals surface area contributed by atoms with Crippen LogP contribution in [0, 0.1) is 0 Å². The number of thioether (sulfide) groups is 1. The second kappa shape index (κ2) is 5.60. The summed E-state index contributed by atoms with van der Waals surface area (Å²) in [5, 5.41) is 3.72. The third-order valence-electron chi connectivity index (χ3n) is 2.33. The summed E-state index contributed by atoms with van der Waals surface area (Å²) in [6.07, 6.45) is 2.29. The SMILES string of the molecule is O=C(CSCc1cccc(Cl)c1)NC1CC1. The number of benzene rings is 1. The van der Waals surface area contributed by atoms with Crippen LogP contribution in [0.25, 0.3) is 0 Å². The van der Waals surface area contributed by atoms with E-state index in [0.29, 0.717) is 11.8 Å². The average molecular weight is 256 g/mol. The fourth-order valence-electron chi connectivity index (χ4n) is 1.39. The van der Waals surface area contributed by atoms with E-state index < -0.39 is 0 Å². The summed E-state index contributed by atoms with van der Waals surface area (Å²) < 4.78 is 0. The van der Waals surface area contributed by atoms with Crippen LogP contribution < -0.4 is 5.32 Å². The third-order valence-corrected chi connectivity index (χ3v) is 3.57. The van der Waals surface area contributed by atoms with Gasteiger partial charge in [0.1, 0.15) is 0 Å². The molecule has 86 valence electrons. The number of hydrogen-bond acceptors (Lipinski definition) is 2. The third kappa shape index (κ3) is 4.06. The van der Waals surface area contributed by atoms with Gasteiger partial charge in [-0.3, -0.25) is 4.79 Å². The van der Waals surface area contributed by atoms with Crippen molar-refractivity contribution in [2.75, 3.05) is 5.75 Å². The maximum Gasteiger partial charge on any atom is 0.230 e. The quantitative estimate of drug-likeness (QED) is 0.877. The molecule has 16 heavy (non-hydrogen) atoms. The second-order valence-electron chi connectivity index (χ2n) is 3.96. The monoisotopic (exact) mass is 255 g/mol.